The summed E-state index contributed by atoms with van der Waals surface area (Å²) >= 11 is 0. The number of nitrogen functional groups attached to an aromatic ring is 1. The molecule has 3 aromatic carbocycles. The van der Waals surface area contributed by atoms with Crippen molar-refractivity contribution in [2.45, 2.75) is 70.5 Å². The summed E-state index contributed by atoms with van der Waals surface area (Å²) in [6.45, 7) is 7.94. The van der Waals surface area contributed by atoms with Crippen LogP contribution < -0.4 is 42.6 Å². The molecule has 11 N–H and O–H groups in total. The van der Waals surface area contributed by atoms with E-state index < -0.39 is 54.3 Å². The molecule has 0 aliphatic carbocycles. The van der Waals surface area contributed by atoms with E-state index in [9.17, 15) is 34.2 Å². The zero-order valence-electron chi connectivity index (χ0n) is 35.5. The van der Waals surface area contributed by atoms with Gasteiger partial charge >= 0.3 is 5.97 Å². The van der Waals surface area contributed by atoms with E-state index in [0.29, 0.717) is 42.0 Å². The monoisotopic (exact) mass is 853 g/mol. The van der Waals surface area contributed by atoms with E-state index in [4.69, 9.17) is 26.7 Å². The Morgan fingerprint density at radius 2 is 1.58 bits per heavy atom. The number of phenols is 1. The standard InChI is InChI=1S/C44H55N9O9/c1-24-40(56)52-31(43(59)60)19-25-8-13-33(61-16-6-14-45)29(18-25)30-20-27(21-34(38(30)55)62-17-7-15-46)37(42(58)50-24)53(5)35(54)23-49-41(57)36-39(47)51-32(22-48-36)26-9-11-28(12-10-26)44(2,3)4/h8-13,18,20-22,24,31,37,55H,6-7,14-17,19,23,45-46H2,1-5H3,(H2,47,51)(H,49,57)(H,50,58)(H,52,56)(H,59,60)/t24-,31-,37-/m0/s1. The topological polar surface area (TPSA) is 287 Å². The summed E-state index contributed by atoms with van der Waals surface area (Å²) in [6, 6.07) is 11.3. The number of amides is 4. The number of hydrogen-bond donors (Lipinski definition) is 8. The molecule has 4 amide bonds. The molecule has 1 aromatic heterocycles. The van der Waals surface area contributed by atoms with Crippen molar-refractivity contribution in [3.63, 3.8) is 0 Å². The number of aromatic hydroxyl groups is 1. The molecule has 1 aliphatic heterocycles. The zero-order valence-corrected chi connectivity index (χ0v) is 35.5. The first-order chi connectivity index (χ1) is 29.4. The highest BCUT2D eigenvalue weighted by atomic mass is 16.5. The van der Waals surface area contributed by atoms with Crippen LogP contribution in [0.3, 0.4) is 0 Å². The predicted octanol–water partition coefficient (Wildman–Crippen LogP) is 2.41. The van der Waals surface area contributed by atoms with Crippen LogP contribution in [0.25, 0.3) is 22.4 Å². The summed E-state index contributed by atoms with van der Waals surface area (Å²) in [7, 11) is 1.32. The lowest BCUT2D eigenvalue weighted by Crippen LogP contribution is -2.53. The molecule has 18 heteroatoms. The first kappa shape index (κ1) is 46.3. The molecule has 330 valence electrons. The van der Waals surface area contributed by atoms with Gasteiger partial charge in [0.25, 0.3) is 5.91 Å². The van der Waals surface area contributed by atoms with Crippen LogP contribution in [0, 0.1) is 0 Å². The molecule has 4 bridgehead atoms. The van der Waals surface area contributed by atoms with Gasteiger partial charge in [-0.2, -0.15) is 0 Å². The molecule has 2 heterocycles. The lowest BCUT2D eigenvalue weighted by molar-refractivity contribution is -0.142. The number of fused-ring (bicyclic) bond motifs is 5. The van der Waals surface area contributed by atoms with Gasteiger partial charge in [0, 0.05) is 30.2 Å². The second-order valence-corrected chi connectivity index (χ2v) is 16.0. The van der Waals surface area contributed by atoms with Crippen molar-refractivity contribution in [2.75, 3.05) is 45.6 Å². The van der Waals surface area contributed by atoms with Gasteiger partial charge in [-0.25, -0.2) is 14.8 Å². The molecule has 5 rings (SSSR count). The number of nitrogens with one attached hydrogen (secondary N) is 3. The van der Waals surface area contributed by atoms with Crippen LogP contribution in [0.1, 0.15) is 73.8 Å². The fourth-order valence-corrected chi connectivity index (χ4v) is 6.68. The Morgan fingerprint density at radius 3 is 2.19 bits per heavy atom. The summed E-state index contributed by atoms with van der Waals surface area (Å²) in [5.74, 6) is -4.79. The molecule has 0 radical (unpaired) electrons. The highest BCUT2D eigenvalue weighted by molar-refractivity contribution is 5.99. The Bertz CT molecular complexity index is 2300. The second kappa shape index (κ2) is 20.2. The van der Waals surface area contributed by atoms with E-state index in [1.54, 1.807) is 18.2 Å². The minimum Gasteiger partial charge on any atom is -0.504 e. The van der Waals surface area contributed by atoms with Crippen LogP contribution in [-0.4, -0.2) is 107 Å². The number of carbonyl (C=O) groups is 5. The molecule has 0 unspecified atom stereocenters. The predicted molar refractivity (Wildman–Crippen MR) is 231 cm³/mol. The summed E-state index contributed by atoms with van der Waals surface area (Å²) in [6.07, 6.45) is 2.15. The van der Waals surface area contributed by atoms with Gasteiger partial charge in [0.2, 0.25) is 17.7 Å². The largest absolute Gasteiger partial charge is 0.504 e. The molecule has 0 saturated carbocycles. The number of aliphatic carboxylic acids is 1. The first-order valence-electron chi connectivity index (χ1n) is 20.2. The van der Waals surface area contributed by atoms with E-state index >= 15 is 0 Å². The van der Waals surface area contributed by atoms with E-state index in [2.05, 4.69) is 46.7 Å². The number of rotatable bonds is 14. The average Bonchev–Trinajstić information content (AvgIpc) is 3.23. The van der Waals surface area contributed by atoms with Crippen molar-refractivity contribution in [3.8, 4) is 39.6 Å². The molecular weight excluding hydrogens is 799 g/mol. The number of nitrogens with zero attached hydrogens (tertiary/aromatic N) is 3. The summed E-state index contributed by atoms with van der Waals surface area (Å²) < 4.78 is 12.0. The number of carboxylic acids is 1. The molecule has 62 heavy (non-hydrogen) atoms. The van der Waals surface area contributed by atoms with Crippen LogP contribution in [0.4, 0.5) is 5.82 Å². The van der Waals surface area contributed by atoms with Gasteiger partial charge in [-0.1, -0.05) is 51.1 Å². The number of hydrogen-bond acceptors (Lipinski definition) is 13. The van der Waals surface area contributed by atoms with Gasteiger partial charge in [0.15, 0.2) is 23.0 Å². The molecule has 4 aromatic rings. The number of anilines is 1. The Balaban J connectivity index is 1.52. The van der Waals surface area contributed by atoms with Crippen molar-refractivity contribution in [2.24, 2.45) is 11.5 Å². The van der Waals surface area contributed by atoms with Crippen LogP contribution >= 0.6 is 0 Å². The quantitative estimate of drug-likeness (QED) is 0.0846. The van der Waals surface area contributed by atoms with Gasteiger partial charge in [-0.15, -0.1) is 0 Å². The lowest BCUT2D eigenvalue weighted by Gasteiger charge is -2.30. The summed E-state index contributed by atoms with van der Waals surface area (Å²) in [4.78, 5) is 77.1. The molecule has 0 saturated heterocycles. The average molecular weight is 854 g/mol. The highest BCUT2D eigenvalue weighted by Crippen LogP contribution is 2.44. The number of benzene rings is 3. The summed E-state index contributed by atoms with van der Waals surface area (Å²) in [5.41, 5.74) is 20.7. The van der Waals surface area contributed by atoms with Gasteiger partial charge in [0.1, 0.15) is 23.9 Å². The number of ether oxygens (including phenoxy) is 2. The number of aromatic nitrogens is 2. The van der Waals surface area contributed by atoms with E-state index in [1.807, 2.05) is 24.3 Å². The maximum Gasteiger partial charge on any atom is 0.326 e. The number of carbonyl (C=O) groups excluding carboxylic acids is 4. The van der Waals surface area contributed by atoms with Crippen LogP contribution in [-0.2, 0) is 31.0 Å². The van der Waals surface area contributed by atoms with Crippen molar-refractivity contribution in [1.29, 1.82) is 0 Å². The van der Waals surface area contributed by atoms with Crippen molar-refractivity contribution in [3.05, 3.63) is 83.2 Å². The Labute approximate surface area is 359 Å². The number of nitrogens with two attached hydrogens (primary N) is 3. The van der Waals surface area contributed by atoms with E-state index in [1.165, 1.54) is 32.3 Å². The minimum absolute atomic E-state index is 0.0554. The van der Waals surface area contributed by atoms with Gasteiger partial charge in [-0.05, 0) is 79.2 Å². The third-order valence-electron chi connectivity index (χ3n) is 10.3. The molecule has 1 aliphatic rings. The smallest absolute Gasteiger partial charge is 0.326 e. The molecule has 0 spiro atoms. The van der Waals surface area contributed by atoms with Crippen LogP contribution in [0.15, 0.2) is 60.8 Å². The van der Waals surface area contributed by atoms with Crippen molar-refractivity contribution >= 4 is 35.4 Å². The zero-order chi connectivity index (χ0) is 45.3. The SMILES string of the molecule is C[C@@H]1NC(=O)[C@@H](N(C)C(=O)CNC(=O)c2ncc(-c3ccc(C(C)(C)C)cc3)nc2N)c2cc(OCCCN)c(O)c(c2)-c2cc(ccc2OCCCN)C[C@@H](C(=O)O)NC1=O. The Kier molecular flexibility index (Phi) is 15.1. The molecule has 0 fully saturated rings. The molecule has 3 atom stereocenters. The van der Waals surface area contributed by atoms with Gasteiger partial charge in [0.05, 0.1) is 31.6 Å². The molecule has 18 nitrogen and oxygen atoms in total. The van der Waals surface area contributed by atoms with E-state index in [0.717, 1.165) is 16.0 Å². The minimum atomic E-state index is -1.51. The van der Waals surface area contributed by atoms with E-state index in [-0.39, 0.29) is 65.7 Å². The van der Waals surface area contributed by atoms with Crippen LogP contribution in [0.2, 0.25) is 0 Å². The fourth-order valence-electron chi connectivity index (χ4n) is 6.68. The van der Waals surface area contributed by atoms with Crippen LogP contribution in [0.5, 0.6) is 17.2 Å². The fraction of sp³-hybridized carbons (Fsp3) is 0.386. The van der Waals surface area contributed by atoms with Crippen molar-refractivity contribution < 1.29 is 43.7 Å². The maximum atomic E-state index is 14.3. The third kappa shape index (κ3) is 11.1. The van der Waals surface area contributed by atoms with Gasteiger partial charge < -0.3 is 57.7 Å². The third-order valence-corrected chi connectivity index (χ3v) is 10.3. The second-order valence-electron chi connectivity index (χ2n) is 16.0. The first-order valence-corrected chi connectivity index (χ1v) is 20.2. The number of phenolic OH excluding ortho intramolecular Hbond substituents is 1. The highest BCUT2D eigenvalue weighted by Gasteiger charge is 2.34. The number of carboxylic acid groups (broad SMARTS) is 1. The lowest BCUT2D eigenvalue weighted by atomic mass is 9.86. The Hall–Kier alpha value is -6.79. The maximum absolute atomic E-state index is 14.3. The Morgan fingerprint density at radius 1 is 0.919 bits per heavy atom. The van der Waals surface area contributed by atoms with Gasteiger partial charge in [-0.3, -0.25) is 19.2 Å². The number of likely N-dealkylation sites (N-methyl/N-ethyl adjacent to an activating group) is 1. The molecular formula is C44H55N9O9. The van der Waals surface area contributed by atoms with Crippen molar-refractivity contribution in [1.82, 2.24) is 30.8 Å². The summed E-state index contributed by atoms with van der Waals surface area (Å²) in [5, 5.41) is 29.4. The normalized spacial score (nSPS) is 16.6.